The molecule has 8 nitrogen and oxygen atoms in total. The zero-order valence-corrected chi connectivity index (χ0v) is 19.9. The van der Waals surface area contributed by atoms with E-state index in [1.807, 2.05) is 65.7 Å². The zero-order valence-electron chi connectivity index (χ0n) is 19.9. The fraction of sp³-hybridized carbons (Fsp3) is 0.214. The van der Waals surface area contributed by atoms with Crippen LogP contribution in [0.2, 0.25) is 0 Å². The van der Waals surface area contributed by atoms with E-state index in [0.29, 0.717) is 12.2 Å². The van der Waals surface area contributed by atoms with Crippen LogP contribution in [-0.4, -0.2) is 39.2 Å². The van der Waals surface area contributed by atoms with E-state index in [-0.39, 0.29) is 24.1 Å². The highest BCUT2D eigenvalue weighted by atomic mass is 16.6. The van der Waals surface area contributed by atoms with Crippen LogP contribution in [0.1, 0.15) is 30.0 Å². The standard InChI is InChI=1S/C28H26N4O4/c1-36-25-10-5-7-21(17-25)26-11-6-16-30(26)27(33)18-22-19-31(23-8-3-2-4-9-23)29-28(22)20-12-14-24(15-13-20)32(34)35/h2-5,7-10,12-15,17,19,26H,6,11,16,18H2,1H3. The van der Waals surface area contributed by atoms with Gasteiger partial charge in [0.25, 0.3) is 5.69 Å². The Bertz CT molecular complexity index is 1380. The van der Waals surface area contributed by atoms with Crippen LogP contribution in [0.15, 0.2) is 85.1 Å². The molecule has 0 saturated carbocycles. The average Bonchev–Trinajstić information content (AvgIpc) is 3.57. The van der Waals surface area contributed by atoms with Gasteiger partial charge in [0.2, 0.25) is 5.91 Å². The van der Waals surface area contributed by atoms with E-state index in [1.165, 1.54) is 12.1 Å². The van der Waals surface area contributed by atoms with Gasteiger partial charge in [0, 0.05) is 36.0 Å². The molecule has 1 fully saturated rings. The highest BCUT2D eigenvalue weighted by Crippen LogP contribution is 2.35. The van der Waals surface area contributed by atoms with Crippen LogP contribution < -0.4 is 4.74 Å². The molecule has 36 heavy (non-hydrogen) atoms. The average molecular weight is 483 g/mol. The van der Waals surface area contributed by atoms with Gasteiger partial charge in [0.05, 0.1) is 35.9 Å². The SMILES string of the molecule is COc1cccc(C2CCCN2C(=O)Cc2cn(-c3ccccc3)nc2-c2ccc([N+](=O)[O-])cc2)c1. The van der Waals surface area contributed by atoms with Gasteiger partial charge in [-0.2, -0.15) is 5.10 Å². The number of hydrogen-bond acceptors (Lipinski definition) is 5. The molecule has 1 unspecified atom stereocenters. The third-order valence-electron chi connectivity index (χ3n) is 6.56. The summed E-state index contributed by atoms with van der Waals surface area (Å²) < 4.78 is 7.13. The molecule has 8 heteroatoms. The van der Waals surface area contributed by atoms with Gasteiger partial charge < -0.3 is 9.64 Å². The van der Waals surface area contributed by atoms with E-state index in [9.17, 15) is 14.9 Å². The van der Waals surface area contributed by atoms with Gasteiger partial charge in [-0.25, -0.2) is 4.68 Å². The Morgan fingerprint density at radius 2 is 1.86 bits per heavy atom. The number of ether oxygens (including phenoxy) is 1. The summed E-state index contributed by atoms with van der Waals surface area (Å²) >= 11 is 0. The van der Waals surface area contributed by atoms with Gasteiger partial charge in [-0.3, -0.25) is 14.9 Å². The molecule has 1 amide bonds. The number of carbonyl (C=O) groups excluding carboxylic acids is 1. The minimum absolute atomic E-state index is 0.000377. The van der Waals surface area contributed by atoms with Crippen molar-refractivity contribution in [2.45, 2.75) is 25.3 Å². The molecular formula is C28H26N4O4. The van der Waals surface area contributed by atoms with Gasteiger partial charge in [0.15, 0.2) is 0 Å². The molecule has 2 heterocycles. The van der Waals surface area contributed by atoms with E-state index < -0.39 is 4.92 Å². The van der Waals surface area contributed by atoms with Crippen molar-refractivity contribution >= 4 is 11.6 Å². The molecule has 182 valence electrons. The molecule has 1 atom stereocenters. The summed E-state index contributed by atoms with van der Waals surface area (Å²) in [5.74, 6) is 0.799. The number of carbonyl (C=O) groups is 1. The minimum atomic E-state index is -0.428. The number of nitrogens with zero attached hydrogens (tertiary/aromatic N) is 4. The number of hydrogen-bond donors (Lipinski definition) is 0. The molecule has 5 rings (SSSR count). The highest BCUT2D eigenvalue weighted by Gasteiger charge is 2.31. The third-order valence-corrected chi connectivity index (χ3v) is 6.56. The predicted octanol–water partition coefficient (Wildman–Crippen LogP) is 5.36. The lowest BCUT2D eigenvalue weighted by molar-refractivity contribution is -0.384. The fourth-order valence-corrected chi connectivity index (χ4v) is 4.76. The van der Waals surface area contributed by atoms with Gasteiger partial charge in [-0.1, -0.05) is 30.3 Å². The van der Waals surface area contributed by atoms with Crippen LogP contribution in [0.4, 0.5) is 5.69 Å². The number of aromatic nitrogens is 2. The number of nitro benzene ring substituents is 1. The van der Waals surface area contributed by atoms with Crippen LogP contribution in [0, 0.1) is 10.1 Å². The van der Waals surface area contributed by atoms with Gasteiger partial charge >= 0.3 is 0 Å². The first-order valence-electron chi connectivity index (χ1n) is 11.9. The van der Waals surface area contributed by atoms with Crippen LogP contribution in [0.5, 0.6) is 5.75 Å². The third kappa shape index (κ3) is 4.70. The van der Waals surface area contributed by atoms with E-state index in [0.717, 1.165) is 41.0 Å². The zero-order chi connectivity index (χ0) is 25.1. The summed E-state index contributed by atoms with van der Waals surface area (Å²) in [7, 11) is 1.64. The van der Waals surface area contributed by atoms with Crippen LogP contribution in [0.25, 0.3) is 16.9 Å². The lowest BCUT2D eigenvalue weighted by atomic mass is 10.0. The number of rotatable bonds is 7. The van der Waals surface area contributed by atoms with E-state index in [2.05, 4.69) is 0 Å². The lowest BCUT2D eigenvalue weighted by Crippen LogP contribution is -2.31. The quantitative estimate of drug-likeness (QED) is 0.261. The molecule has 0 radical (unpaired) electrons. The Kier molecular flexibility index (Phi) is 6.49. The van der Waals surface area contributed by atoms with Crippen LogP contribution in [0.3, 0.4) is 0 Å². The summed E-state index contributed by atoms with van der Waals surface area (Å²) in [5.41, 5.74) is 4.08. The number of para-hydroxylation sites is 1. The summed E-state index contributed by atoms with van der Waals surface area (Å²) in [6.45, 7) is 0.695. The van der Waals surface area contributed by atoms with Gasteiger partial charge in [-0.05, 0) is 54.8 Å². The lowest BCUT2D eigenvalue weighted by Gasteiger charge is -2.25. The maximum Gasteiger partial charge on any atom is 0.269 e. The normalized spacial score (nSPS) is 15.1. The van der Waals surface area contributed by atoms with Gasteiger partial charge in [0.1, 0.15) is 5.75 Å². The second kappa shape index (κ2) is 10.0. The van der Waals surface area contributed by atoms with Crippen molar-refractivity contribution in [2.24, 2.45) is 0 Å². The van der Waals surface area contributed by atoms with Crippen molar-refractivity contribution in [3.63, 3.8) is 0 Å². The van der Waals surface area contributed by atoms with E-state index in [1.54, 1.807) is 23.9 Å². The molecule has 0 bridgehead atoms. The van der Waals surface area contributed by atoms with Crippen molar-refractivity contribution in [2.75, 3.05) is 13.7 Å². The number of likely N-dealkylation sites (tertiary alicyclic amines) is 1. The molecule has 1 aromatic heterocycles. The van der Waals surface area contributed by atoms with Crippen molar-refractivity contribution in [1.29, 1.82) is 0 Å². The van der Waals surface area contributed by atoms with Gasteiger partial charge in [-0.15, -0.1) is 0 Å². The molecular weight excluding hydrogens is 456 g/mol. The van der Waals surface area contributed by atoms with Crippen LogP contribution in [-0.2, 0) is 11.2 Å². The van der Waals surface area contributed by atoms with E-state index in [4.69, 9.17) is 9.84 Å². The monoisotopic (exact) mass is 482 g/mol. The first-order valence-corrected chi connectivity index (χ1v) is 11.9. The molecule has 1 aliphatic rings. The summed E-state index contributed by atoms with van der Waals surface area (Å²) in [4.78, 5) is 26.2. The summed E-state index contributed by atoms with van der Waals surface area (Å²) in [6.07, 6.45) is 3.89. The minimum Gasteiger partial charge on any atom is -0.497 e. The topological polar surface area (TPSA) is 90.5 Å². The predicted molar refractivity (Wildman–Crippen MR) is 136 cm³/mol. The molecule has 1 saturated heterocycles. The van der Waals surface area contributed by atoms with Crippen molar-refractivity contribution in [3.05, 3.63) is 106 Å². The van der Waals surface area contributed by atoms with Crippen LogP contribution >= 0.6 is 0 Å². The Hall–Kier alpha value is -4.46. The first kappa shape index (κ1) is 23.3. The number of nitro groups is 1. The van der Waals surface area contributed by atoms with Crippen molar-refractivity contribution in [1.82, 2.24) is 14.7 Å². The Morgan fingerprint density at radius 1 is 1.08 bits per heavy atom. The highest BCUT2D eigenvalue weighted by molar-refractivity contribution is 5.82. The Labute approximate surface area is 208 Å². The maximum atomic E-state index is 13.6. The van der Waals surface area contributed by atoms with Crippen molar-refractivity contribution in [3.8, 4) is 22.7 Å². The first-order chi connectivity index (χ1) is 17.5. The summed E-state index contributed by atoms with van der Waals surface area (Å²) in [6, 6.07) is 23.8. The second-order valence-electron chi connectivity index (χ2n) is 8.79. The molecule has 3 aromatic carbocycles. The molecule has 1 aliphatic heterocycles. The number of non-ortho nitro benzene ring substituents is 1. The maximum absolute atomic E-state index is 13.6. The summed E-state index contributed by atoms with van der Waals surface area (Å²) in [5, 5.41) is 15.9. The fourth-order valence-electron chi connectivity index (χ4n) is 4.76. The molecule has 0 spiro atoms. The molecule has 0 N–H and O–H groups in total. The van der Waals surface area contributed by atoms with E-state index >= 15 is 0 Å². The Morgan fingerprint density at radius 3 is 2.58 bits per heavy atom. The molecule has 0 aliphatic carbocycles. The Balaban J connectivity index is 1.46. The van der Waals surface area contributed by atoms with Crippen molar-refractivity contribution < 1.29 is 14.5 Å². The largest absolute Gasteiger partial charge is 0.497 e. The smallest absolute Gasteiger partial charge is 0.269 e. The number of methoxy groups -OCH3 is 1. The second-order valence-corrected chi connectivity index (χ2v) is 8.79. The number of amides is 1. The molecule has 4 aromatic rings. The number of benzene rings is 3.